The van der Waals surface area contributed by atoms with Crippen molar-refractivity contribution in [2.75, 3.05) is 18.8 Å². The Bertz CT molecular complexity index is 430. The van der Waals surface area contributed by atoms with Crippen molar-refractivity contribution in [2.24, 2.45) is 0 Å². The first kappa shape index (κ1) is 14.3. The summed E-state index contributed by atoms with van der Waals surface area (Å²) in [6, 6.07) is 6.12. The van der Waals surface area contributed by atoms with Gasteiger partial charge in [0.15, 0.2) is 0 Å². The van der Waals surface area contributed by atoms with Gasteiger partial charge in [0, 0.05) is 30.2 Å². The predicted molar refractivity (Wildman–Crippen MR) is 70.3 cm³/mol. The van der Waals surface area contributed by atoms with E-state index in [0.29, 0.717) is 12.2 Å². The molecule has 1 heterocycles. The average Bonchev–Trinajstić information content (AvgIpc) is 2.72. The highest BCUT2D eigenvalue weighted by Crippen LogP contribution is 2.20. The maximum absolute atomic E-state index is 12.7. The van der Waals surface area contributed by atoms with Gasteiger partial charge in [0.25, 0.3) is 0 Å². The maximum Gasteiger partial charge on any atom is 0.223 e. The summed E-state index contributed by atoms with van der Waals surface area (Å²) in [6.07, 6.45) is -1.34. The first-order valence-corrected chi connectivity index (χ1v) is 7.07. The Balaban J connectivity index is 1.74. The molecule has 0 saturated carbocycles. The number of aliphatic hydroxyl groups excluding tert-OH is 2. The van der Waals surface area contributed by atoms with Gasteiger partial charge in [-0.2, -0.15) is 0 Å². The molecule has 0 aliphatic carbocycles. The van der Waals surface area contributed by atoms with E-state index in [4.69, 9.17) is 0 Å². The van der Waals surface area contributed by atoms with E-state index >= 15 is 0 Å². The maximum atomic E-state index is 12.7. The third-order valence-electron chi connectivity index (χ3n) is 3.01. The average molecular weight is 285 g/mol. The first-order chi connectivity index (χ1) is 9.06. The third kappa shape index (κ3) is 3.92. The molecule has 1 aliphatic rings. The van der Waals surface area contributed by atoms with Crippen LogP contribution in [0.25, 0.3) is 0 Å². The fraction of sp³-hybridized carbons (Fsp3) is 0.462. The van der Waals surface area contributed by atoms with E-state index in [-0.39, 0.29) is 24.8 Å². The van der Waals surface area contributed by atoms with E-state index in [0.717, 1.165) is 4.90 Å². The lowest BCUT2D eigenvalue weighted by molar-refractivity contribution is -0.130. The fourth-order valence-electron chi connectivity index (χ4n) is 1.92. The minimum atomic E-state index is -0.839. The summed E-state index contributed by atoms with van der Waals surface area (Å²) in [5, 5.41) is 18.7. The highest BCUT2D eigenvalue weighted by molar-refractivity contribution is 7.99. The molecule has 0 radical (unpaired) electrons. The summed E-state index contributed by atoms with van der Waals surface area (Å²) in [6.45, 7) is 0.391. The molecule has 0 bridgehead atoms. The number of nitrogens with zero attached hydrogens (tertiary/aromatic N) is 1. The monoisotopic (exact) mass is 285 g/mol. The molecule has 4 nitrogen and oxygen atoms in total. The molecule has 0 aromatic heterocycles. The van der Waals surface area contributed by atoms with Gasteiger partial charge in [-0.3, -0.25) is 4.79 Å². The van der Waals surface area contributed by atoms with Crippen LogP contribution in [0.15, 0.2) is 29.2 Å². The lowest BCUT2D eigenvalue weighted by atomic mass is 10.3. The van der Waals surface area contributed by atoms with E-state index in [9.17, 15) is 19.4 Å². The van der Waals surface area contributed by atoms with Crippen LogP contribution in [0.5, 0.6) is 0 Å². The summed E-state index contributed by atoms with van der Waals surface area (Å²) >= 11 is 1.48. The number of β-amino-alcohol motifs (C(OH)–C–C–N with tert-alkyl or cyclic N) is 2. The van der Waals surface area contributed by atoms with Crippen LogP contribution in [0.3, 0.4) is 0 Å². The summed E-state index contributed by atoms with van der Waals surface area (Å²) in [5.41, 5.74) is 0. The fourth-order valence-corrected chi connectivity index (χ4v) is 2.76. The standard InChI is InChI=1S/C13H16FNO3S/c14-9-1-3-10(4-2-9)19-6-5-13(18)15-7-11(16)12(17)8-15/h1-4,11-12,16-17H,5-8H2. The largest absolute Gasteiger partial charge is 0.388 e. The molecular weight excluding hydrogens is 269 g/mol. The molecule has 0 spiro atoms. The number of aliphatic hydroxyl groups is 2. The van der Waals surface area contributed by atoms with E-state index in [1.807, 2.05) is 0 Å². The SMILES string of the molecule is O=C(CCSc1ccc(F)cc1)N1CC(O)C(O)C1. The summed E-state index contributed by atoms with van der Waals surface area (Å²) in [4.78, 5) is 14.2. The van der Waals surface area contributed by atoms with Gasteiger partial charge in [-0.05, 0) is 24.3 Å². The molecule has 1 aliphatic heterocycles. The predicted octanol–water partition coefficient (Wildman–Crippen LogP) is 0.872. The molecular formula is C13H16FNO3S. The van der Waals surface area contributed by atoms with Gasteiger partial charge in [0.1, 0.15) is 5.82 Å². The summed E-state index contributed by atoms with van der Waals surface area (Å²) in [7, 11) is 0. The third-order valence-corrected chi connectivity index (χ3v) is 4.02. The van der Waals surface area contributed by atoms with Gasteiger partial charge in [0.05, 0.1) is 12.2 Å². The second kappa shape index (κ2) is 6.36. The number of thioether (sulfide) groups is 1. The second-order valence-electron chi connectivity index (χ2n) is 4.49. The van der Waals surface area contributed by atoms with Gasteiger partial charge in [-0.1, -0.05) is 0 Å². The normalized spacial score (nSPS) is 22.8. The second-order valence-corrected chi connectivity index (χ2v) is 5.65. The van der Waals surface area contributed by atoms with Crippen molar-refractivity contribution in [2.45, 2.75) is 23.5 Å². The topological polar surface area (TPSA) is 60.8 Å². The molecule has 2 unspecified atom stereocenters. The van der Waals surface area contributed by atoms with Crippen molar-refractivity contribution in [3.05, 3.63) is 30.1 Å². The number of hydrogen-bond acceptors (Lipinski definition) is 4. The van der Waals surface area contributed by atoms with E-state index in [2.05, 4.69) is 0 Å². The van der Waals surface area contributed by atoms with Crippen LogP contribution >= 0.6 is 11.8 Å². The number of amides is 1. The van der Waals surface area contributed by atoms with Crippen LogP contribution < -0.4 is 0 Å². The van der Waals surface area contributed by atoms with Crippen molar-refractivity contribution in [3.8, 4) is 0 Å². The minimum Gasteiger partial charge on any atom is -0.388 e. The Morgan fingerprint density at radius 1 is 1.26 bits per heavy atom. The number of hydrogen-bond donors (Lipinski definition) is 2. The molecule has 1 fully saturated rings. The van der Waals surface area contributed by atoms with Crippen LogP contribution in [-0.4, -0.2) is 52.1 Å². The molecule has 1 amide bonds. The van der Waals surface area contributed by atoms with Crippen LogP contribution in [0.1, 0.15) is 6.42 Å². The molecule has 104 valence electrons. The molecule has 2 atom stereocenters. The number of likely N-dealkylation sites (tertiary alicyclic amines) is 1. The van der Waals surface area contributed by atoms with Gasteiger partial charge in [-0.25, -0.2) is 4.39 Å². The molecule has 1 saturated heterocycles. The molecule has 6 heteroatoms. The molecule has 1 aromatic rings. The highest BCUT2D eigenvalue weighted by atomic mass is 32.2. The van der Waals surface area contributed by atoms with Gasteiger partial charge in [-0.15, -0.1) is 11.8 Å². The van der Waals surface area contributed by atoms with Crippen LogP contribution in [-0.2, 0) is 4.79 Å². The van der Waals surface area contributed by atoms with Crippen molar-refractivity contribution >= 4 is 17.7 Å². The Morgan fingerprint density at radius 2 is 1.84 bits per heavy atom. The molecule has 19 heavy (non-hydrogen) atoms. The van der Waals surface area contributed by atoms with Crippen molar-refractivity contribution in [1.29, 1.82) is 0 Å². The lowest BCUT2D eigenvalue weighted by Crippen LogP contribution is -2.29. The zero-order valence-corrected chi connectivity index (χ0v) is 11.1. The number of rotatable bonds is 4. The molecule has 1 aromatic carbocycles. The number of carbonyl (C=O) groups excluding carboxylic acids is 1. The van der Waals surface area contributed by atoms with Crippen LogP contribution in [0, 0.1) is 5.82 Å². The van der Waals surface area contributed by atoms with Crippen molar-refractivity contribution in [3.63, 3.8) is 0 Å². The van der Waals surface area contributed by atoms with Crippen LogP contribution in [0.4, 0.5) is 4.39 Å². The molecule has 2 N–H and O–H groups in total. The van der Waals surface area contributed by atoms with E-state index < -0.39 is 12.2 Å². The summed E-state index contributed by atoms with van der Waals surface area (Å²) < 4.78 is 12.7. The lowest BCUT2D eigenvalue weighted by Gasteiger charge is -2.14. The first-order valence-electron chi connectivity index (χ1n) is 6.08. The smallest absolute Gasteiger partial charge is 0.223 e. The van der Waals surface area contributed by atoms with Gasteiger partial charge in [0.2, 0.25) is 5.91 Å². The number of halogens is 1. The van der Waals surface area contributed by atoms with Crippen LogP contribution in [0.2, 0.25) is 0 Å². The summed E-state index contributed by atoms with van der Waals surface area (Å²) in [5.74, 6) is 0.235. The zero-order valence-electron chi connectivity index (χ0n) is 10.3. The van der Waals surface area contributed by atoms with Gasteiger partial charge >= 0.3 is 0 Å². The Morgan fingerprint density at radius 3 is 2.42 bits per heavy atom. The Kier molecular flexibility index (Phi) is 4.79. The van der Waals surface area contributed by atoms with Gasteiger partial charge < -0.3 is 15.1 Å². The molecule has 2 rings (SSSR count). The minimum absolute atomic E-state index is 0.0785. The van der Waals surface area contributed by atoms with Crippen molar-refractivity contribution in [1.82, 2.24) is 4.90 Å². The number of benzene rings is 1. The Labute approximate surface area is 115 Å². The van der Waals surface area contributed by atoms with E-state index in [1.54, 1.807) is 12.1 Å². The highest BCUT2D eigenvalue weighted by Gasteiger charge is 2.31. The van der Waals surface area contributed by atoms with E-state index in [1.165, 1.54) is 28.8 Å². The quantitative estimate of drug-likeness (QED) is 0.806. The van der Waals surface area contributed by atoms with Crippen molar-refractivity contribution < 1.29 is 19.4 Å². The Hall–Kier alpha value is -1.11. The number of carbonyl (C=O) groups is 1. The zero-order chi connectivity index (χ0) is 13.8.